The molecule has 0 aliphatic rings. The maximum Gasteiger partial charge on any atom is 0.335 e. The molecule has 0 unspecified atom stereocenters. The molecule has 3 rings (SSSR count). The summed E-state index contributed by atoms with van der Waals surface area (Å²) in [5, 5.41) is 12.4. The van der Waals surface area contributed by atoms with Gasteiger partial charge in [-0.2, -0.15) is 0 Å². The molecule has 1 heterocycles. The Morgan fingerprint density at radius 3 is 2.54 bits per heavy atom. The van der Waals surface area contributed by atoms with Crippen molar-refractivity contribution in [2.45, 2.75) is 6.92 Å². The quantitative estimate of drug-likeness (QED) is 0.616. The third kappa shape index (κ3) is 3.59. The summed E-state index contributed by atoms with van der Waals surface area (Å²) < 4.78 is 5.59. The van der Waals surface area contributed by atoms with E-state index in [1.54, 1.807) is 31.2 Å². The average molecular weight is 390 g/mol. The smallest absolute Gasteiger partial charge is 0.335 e. The second-order valence-electron chi connectivity index (χ2n) is 5.55. The van der Waals surface area contributed by atoms with Gasteiger partial charge in [0.2, 0.25) is 0 Å². The van der Waals surface area contributed by atoms with Gasteiger partial charge in [-0.25, -0.2) is 4.79 Å². The molecule has 0 aliphatic carbocycles. The molecule has 26 heavy (non-hydrogen) atoms. The fourth-order valence-electron chi connectivity index (χ4n) is 2.42. The minimum atomic E-state index is -1.03. The maximum atomic E-state index is 12.4. The van der Waals surface area contributed by atoms with Gasteiger partial charge in [-0.15, -0.1) is 0 Å². The predicted molar refractivity (Wildman–Crippen MR) is 100 cm³/mol. The SMILES string of the molecule is Cc1cc(C(=O)O)ccc1NC(=O)c1ccc(-c2cccc(Cl)c2Cl)o1. The molecule has 132 valence electrons. The zero-order valence-corrected chi connectivity index (χ0v) is 15.1. The molecule has 1 amide bonds. The zero-order chi connectivity index (χ0) is 18.8. The topological polar surface area (TPSA) is 79.5 Å². The molecule has 2 N–H and O–H groups in total. The Bertz CT molecular complexity index is 1010. The molecule has 0 radical (unpaired) electrons. The first-order chi connectivity index (χ1) is 12.4. The Morgan fingerprint density at radius 2 is 1.85 bits per heavy atom. The van der Waals surface area contributed by atoms with Crippen molar-refractivity contribution in [2.75, 3.05) is 5.32 Å². The van der Waals surface area contributed by atoms with Crippen LogP contribution in [0.4, 0.5) is 5.69 Å². The second kappa shape index (κ2) is 7.23. The first kappa shape index (κ1) is 18.0. The average Bonchev–Trinajstić information content (AvgIpc) is 3.09. The van der Waals surface area contributed by atoms with Gasteiger partial charge in [0, 0.05) is 11.3 Å². The normalized spacial score (nSPS) is 10.6. The number of carbonyl (C=O) groups excluding carboxylic acids is 1. The van der Waals surface area contributed by atoms with E-state index in [0.29, 0.717) is 32.6 Å². The summed E-state index contributed by atoms with van der Waals surface area (Å²) in [6, 6.07) is 12.7. The molecule has 0 aliphatic heterocycles. The number of anilines is 1. The lowest BCUT2D eigenvalue weighted by Crippen LogP contribution is -2.12. The van der Waals surface area contributed by atoms with Crippen LogP contribution in [0.2, 0.25) is 10.0 Å². The predicted octanol–water partition coefficient (Wildman–Crippen LogP) is 5.51. The van der Waals surface area contributed by atoms with E-state index in [9.17, 15) is 9.59 Å². The van der Waals surface area contributed by atoms with Crippen LogP contribution < -0.4 is 5.32 Å². The number of carboxylic acids is 1. The Kier molecular flexibility index (Phi) is 5.02. The molecule has 3 aromatic rings. The fraction of sp³-hybridized carbons (Fsp3) is 0.0526. The molecule has 0 atom stereocenters. The summed E-state index contributed by atoms with van der Waals surface area (Å²) in [6.45, 7) is 1.71. The van der Waals surface area contributed by atoms with Gasteiger partial charge in [-0.1, -0.05) is 29.3 Å². The summed E-state index contributed by atoms with van der Waals surface area (Å²) in [5.41, 5.74) is 1.86. The lowest BCUT2D eigenvalue weighted by molar-refractivity contribution is 0.0696. The zero-order valence-electron chi connectivity index (χ0n) is 13.5. The Morgan fingerprint density at radius 1 is 1.08 bits per heavy atom. The van der Waals surface area contributed by atoms with Crippen LogP contribution in [0.25, 0.3) is 11.3 Å². The van der Waals surface area contributed by atoms with Gasteiger partial charge >= 0.3 is 5.97 Å². The van der Waals surface area contributed by atoms with E-state index in [2.05, 4.69) is 5.32 Å². The van der Waals surface area contributed by atoms with Crippen molar-refractivity contribution in [1.82, 2.24) is 0 Å². The molecular formula is C19H13Cl2NO4. The molecule has 7 heteroatoms. The number of rotatable bonds is 4. The van der Waals surface area contributed by atoms with E-state index >= 15 is 0 Å². The fourth-order valence-corrected chi connectivity index (χ4v) is 2.81. The number of furan rings is 1. The third-order valence-electron chi connectivity index (χ3n) is 3.77. The first-order valence-corrected chi connectivity index (χ1v) is 8.32. The molecule has 1 aromatic heterocycles. The molecule has 0 spiro atoms. The van der Waals surface area contributed by atoms with Gasteiger partial charge in [0.25, 0.3) is 5.91 Å². The number of amides is 1. The number of carbonyl (C=O) groups is 2. The van der Waals surface area contributed by atoms with Crippen LogP contribution in [0.5, 0.6) is 0 Å². The van der Waals surface area contributed by atoms with Gasteiger partial charge in [0.05, 0.1) is 15.6 Å². The van der Waals surface area contributed by atoms with Gasteiger partial charge in [0.15, 0.2) is 5.76 Å². The molecule has 0 fully saturated rings. The number of nitrogens with one attached hydrogen (secondary N) is 1. The molecule has 0 saturated carbocycles. The van der Waals surface area contributed by atoms with Crippen LogP contribution in [-0.4, -0.2) is 17.0 Å². The largest absolute Gasteiger partial charge is 0.478 e. The summed E-state index contributed by atoms with van der Waals surface area (Å²) in [4.78, 5) is 23.4. The molecular weight excluding hydrogens is 377 g/mol. The first-order valence-electron chi connectivity index (χ1n) is 7.56. The van der Waals surface area contributed by atoms with Crippen LogP contribution in [0.1, 0.15) is 26.5 Å². The highest BCUT2D eigenvalue weighted by Crippen LogP contribution is 2.34. The molecule has 0 bridgehead atoms. The van der Waals surface area contributed by atoms with Crippen LogP contribution >= 0.6 is 23.2 Å². The van der Waals surface area contributed by atoms with Crippen LogP contribution in [0, 0.1) is 6.92 Å². The van der Waals surface area contributed by atoms with E-state index in [0.717, 1.165) is 0 Å². The highest BCUT2D eigenvalue weighted by atomic mass is 35.5. The van der Waals surface area contributed by atoms with Crippen molar-refractivity contribution in [3.05, 3.63) is 75.5 Å². The highest BCUT2D eigenvalue weighted by molar-refractivity contribution is 6.43. The maximum absolute atomic E-state index is 12.4. The number of aryl methyl sites for hydroxylation is 1. The third-order valence-corrected chi connectivity index (χ3v) is 4.59. The Labute approximate surface area is 159 Å². The molecule has 5 nitrogen and oxygen atoms in total. The van der Waals surface area contributed by atoms with Crippen molar-refractivity contribution >= 4 is 40.8 Å². The standard InChI is InChI=1S/C19H13Cl2NO4/c1-10-9-11(19(24)25)5-6-14(10)22-18(23)16-8-7-15(26-16)12-3-2-4-13(20)17(12)21/h2-9H,1H3,(H,22,23)(H,24,25). The van der Waals surface area contributed by atoms with E-state index < -0.39 is 11.9 Å². The molecule has 2 aromatic carbocycles. The van der Waals surface area contributed by atoms with Crippen molar-refractivity contribution in [3.8, 4) is 11.3 Å². The number of halogens is 2. The summed E-state index contributed by atoms with van der Waals surface area (Å²) >= 11 is 12.2. The minimum absolute atomic E-state index is 0.0951. The second-order valence-corrected chi connectivity index (χ2v) is 6.34. The van der Waals surface area contributed by atoms with E-state index in [4.69, 9.17) is 32.7 Å². The number of hydrogen-bond donors (Lipinski definition) is 2. The van der Waals surface area contributed by atoms with Crippen LogP contribution in [0.3, 0.4) is 0 Å². The number of hydrogen-bond acceptors (Lipinski definition) is 3. The lowest BCUT2D eigenvalue weighted by atomic mass is 10.1. The summed E-state index contributed by atoms with van der Waals surface area (Å²) in [5.74, 6) is -0.973. The van der Waals surface area contributed by atoms with Gasteiger partial charge in [0.1, 0.15) is 5.76 Å². The van der Waals surface area contributed by atoms with Gasteiger partial charge in [-0.3, -0.25) is 4.79 Å². The van der Waals surface area contributed by atoms with E-state index in [-0.39, 0.29) is 11.3 Å². The van der Waals surface area contributed by atoms with E-state index in [1.807, 2.05) is 0 Å². The van der Waals surface area contributed by atoms with Gasteiger partial charge in [-0.05, 0) is 55.0 Å². The Balaban J connectivity index is 1.83. The van der Waals surface area contributed by atoms with Crippen molar-refractivity contribution in [3.63, 3.8) is 0 Å². The van der Waals surface area contributed by atoms with E-state index in [1.165, 1.54) is 24.3 Å². The van der Waals surface area contributed by atoms with Crippen molar-refractivity contribution in [2.24, 2.45) is 0 Å². The number of aromatic carboxylic acids is 1. The number of benzene rings is 2. The van der Waals surface area contributed by atoms with Crippen LogP contribution in [0.15, 0.2) is 52.9 Å². The minimum Gasteiger partial charge on any atom is -0.478 e. The summed E-state index contributed by atoms with van der Waals surface area (Å²) in [7, 11) is 0. The van der Waals surface area contributed by atoms with Crippen molar-refractivity contribution in [1.29, 1.82) is 0 Å². The number of carboxylic acid groups (broad SMARTS) is 1. The lowest BCUT2D eigenvalue weighted by Gasteiger charge is -2.08. The van der Waals surface area contributed by atoms with Crippen LogP contribution in [-0.2, 0) is 0 Å². The highest BCUT2D eigenvalue weighted by Gasteiger charge is 2.16. The Hall–Kier alpha value is -2.76. The monoisotopic (exact) mass is 389 g/mol. The van der Waals surface area contributed by atoms with Gasteiger partial charge < -0.3 is 14.8 Å². The summed E-state index contributed by atoms with van der Waals surface area (Å²) in [6.07, 6.45) is 0. The van der Waals surface area contributed by atoms with Crippen molar-refractivity contribution < 1.29 is 19.1 Å². The molecule has 0 saturated heterocycles.